The van der Waals surface area contributed by atoms with Gasteiger partial charge >= 0.3 is 5.97 Å². The molecule has 0 aliphatic rings. The van der Waals surface area contributed by atoms with Gasteiger partial charge in [-0.15, -0.1) is 0 Å². The summed E-state index contributed by atoms with van der Waals surface area (Å²) >= 11 is 0. The lowest BCUT2D eigenvalue weighted by molar-refractivity contribution is -0.139. The Bertz CT molecular complexity index is 1580. The Kier molecular flexibility index (Phi) is 12.1. The number of carboxylic acid groups (broad SMARTS) is 1. The first-order valence-corrected chi connectivity index (χ1v) is 16.0. The Labute approximate surface area is 279 Å². The summed E-state index contributed by atoms with van der Waals surface area (Å²) < 4.78 is 0. The summed E-state index contributed by atoms with van der Waals surface area (Å²) in [5.74, 6) is -2.01. The summed E-state index contributed by atoms with van der Waals surface area (Å²) in [5.41, 5.74) is 1.33. The predicted molar refractivity (Wildman–Crippen MR) is 186 cm³/mol. The molecule has 8 nitrogen and oxygen atoms in total. The zero-order valence-corrected chi connectivity index (χ0v) is 29.0. The van der Waals surface area contributed by atoms with Crippen LogP contribution in [0.15, 0.2) is 96.6 Å². The lowest BCUT2D eigenvalue weighted by atomic mass is 9.74. The summed E-state index contributed by atoms with van der Waals surface area (Å²) in [6.07, 6.45) is 1.58. The zero-order valence-electron chi connectivity index (χ0n) is 29.0. The van der Waals surface area contributed by atoms with Crippen LogP contribution in [0.4, 0.5) is 0 Å². The standard InChI is InChI=1S/C39H49N3O5/c1-25(2)31(24-26(3)37(46)47)42(9)36(45)34(41-35(44)33(40-8)38(4,5)29-18-14-11-15-19-29)39(6,7)30-22-20-28(21-23-30)32(43)27-16-12-10-13-17-27/h10-25,31,33-34,40H,1-9H3,(H,41,44)(H,46,47)/b26-24+/t31-,33-,34-/m1/s1. The highest BCUT2D eigenvalue weighted by Gasteiger charge is 2.44. The third-order valence-electron chi connectivity index (χ3n) is 9.21. The number of carbonyl (C=O) groups excluding carboxylic acids is 3. The van der Waals surface area contributed by atoms with Crippen LogP contribution in [-0.4, -0.2) is 65.8 Å². The van der Waals surface area contributed by atoms with E-state index in [0.29, 0.717) is 11.1 Å². The second-order valence-corrected chi connectivity index (χ2v) is 13.6. The Balaban J connectivity index is 2.07. The monoisotopic (exact) mass is 639 g/mol. The molecule has 250 valence electrons. The molecule has 47 heavy (non-hydrogen) atoms. The molecule has 3 aromatic carbocycles. The van der Waals surface area contributed by atoms with Gasteiger partial charge in [0.1, 0.15) is 6.04 Å². The molecule has 2 amide bonds. The predicted octanol–water partition coefficient (Wildman–Crippen LogP) is 5.76. The van der Waals surface area contributed by atoms with Crippen LogP contribution in [0.1, 0.15) is 75.5 Å². The fourth-order valence-corrected chi connectivity index (χ4v) is 6.03. The van der Waals surface area contributed by atoms with Crippen LogP contribution in [0.5, 0.6) is 0 Å². The second kappa shape index (κ2) is 15.4. The van der Waals surface area contributed by atoms with Gasteiger partial charge in [-0.05, 0) is 31.0 Å². The average Bonchev–Trinajstić information content (AvgIpc) is 3.05. The fourth-order valence-electron chi connectivity index (χ4n) is 6.03. The van der Waals surface area contributed by atoms with Crippen molar-refractivity contribution < 1.29 is 24.3 Å². The number of nitrogens with one attached hydrogen (secondary N) is 2. The van der Waals surface area contributed by atoms with Crippen LogP contribution >= 0.6 is 0 Å². The lowest BCUT2D eigenvalue weighted by Gasteiger charge is -2.41. The number of ketones is 1. The molecule has 0 aromatic heterocycles. The molecule has 8 heteroatoms. The lowest BCUT2D eigenvalue weighted by Crippen LogP contribution is -2.63. The average molecular weight is 640 g/mol. The zero-order chi connectivity index (χ0) is 35.1. The van der Waals surface area contributed by atoms with Gasteiger partial charge in [0, 0.05) is 34.6 Å². The van der Waals surface area contributed by atoms with E-state index in [1.807, 2.05) is 102 Å². The number of rotatable bonds is 14. The first kappa shape index (κ1) is 36.9. The maximum atomic E-state index is 14.5. The van der Waals surface area contributed by atoms with Crippen molar-refractivity contribution >= 4 is 23.6 Å². The van der Waals surface area contributed by atoms with Crippen molar-refractivity contribution in [2.75, 3.05) is 14.1 Å². The highest BCUT2D eigenvalue weighted by atomic mass is 16.4. The van der Waals surface area contributed by atoms with E-state index in [1.165, 1.54) is 11.8 Å². The van der Waals surface area contributed by atoms with Crippen molar-refractivity contribution in [2.45, 2.75) is 77.4 Å². The molecule has 0 fully saturated rings. The minimum atomic E-state index is -1.06. The summed E-state index contributed by atoms with van der Waals surface area (Å²) in [6.45, 7) is 13.1. The van der Waals surface area contributed by atoms with Crippen LogP contribution < -0.4 is 10.6 Å². The third-order valence-corrected chi connectivity index (χ3v) is 9.21. The summed E-state index contributed by atoms with van der Waals surface area (Å²) in [5, 5.41) is 15.8. The molecule has 3 rings (SSSR count). The Morgan fingerprint density at radius 2 is 1.21 bits per heavy atom. The maximum absolute atomic E-state index is 14.5. The molecule has 0 unspecified atom stereocenters. The summed E-state index contributed by atoms with van der Waals surface area (Å²) in [6, 6.07) is 23.6. The van der Waals surface area contributed by atoms with Crippen LogP contribution in [0, 0.1) is 5.92 Å². The van der Waals surface area contributed by atoms with Gasteiger partial charge in [-0.3, -0.25) is 14.4 Å². The van der Waals surface area contributed by atoms with E-state index in [0.717, 1.165) is 11.1 Å². The minimum Gasteiger partial charge on any atom is -0.478 e. The second-order valence-electron chi connectivity index (χ2n) is 13.6. The number of carboxylic acids is 1. The molecular formula is C39H49N3O5. The van der Waals surface area contributed by atoms with Gasteiger partial charge in [0.25, 0.3) is 0 Å². The van der Waals surface area contributed by atoms with E-state index < -0.39 is 34.9 Å². The Hall–Kier alpha value is -4.56. The first-order chi connectivity index (χ1) is 22.0. The Morgan fingerprint density at radius 3 is 1.70 bits per heavy atom. The smallest absolute Gasteiger partial charge is 0.331 e. The van der Waals surface area contributed by atoms with Gasteiger partial charge in [0.05, 0.1) is 12.1 Å². The first-order valence-electron chi connectivity index (χ1n) is 16.0. The van der Waals surface area contributed by atoms with Gasteiger partial charge in [0.15, 0.2) is 5.78 Å². The van der Waals surface area contributed by atoms with Crippen LogP contribution in [0.2, 0.25) is 0 Å². The number of nitrogens with zero attached hydrogens (tertiary/aromatic N) is 1. The number of hydrogen-bond donors (Lipinski definition) is 3. The number of amides is 2. The number of likely N-dealkylation sites (N-methyl/N-ethyl adjacent to an activating group) is 2. The molecular weight excluding hydrogens is 590 g/mol. The highest BCUT2D eigenvalue weighted by molar-refractivity contribution is 6.09. The quantitative estimate of drug-likeness (QED) is 0.153. The van der Waals surface area contributed by atoms with Gasteiger partial charge in [-0.1, -0.05) is 133 Å². The summed E-state index contributed by atoms with van der Waals surface area (Å²) in [7, 11) is 3.36. The molecule has 0 bridgehead atoms. The van der Waals surface area contributed by atoms with Crippen molar-refractivity contribution in [1.29, 1.82) is 0 Å². The van der Waals surface area contributed by atoms with Crippen molar-refractivity contribution in [2.24, 2.45) is 5.92 Å². The van der Waals surface area contributed by atoms with Crippen LogP contribution in [0.3, 0.4) is 0 Å². The van der Waals surface area contributed by atoms with Crippen molar-refractivity contribution in [3.63, 3.8) is 0 Å². The largest absolute Gasteiger partial charge is 0.478 e. The van der Waals surface area contributed by atoms with Crippen molar-refractivity contribution in [3.8, 4) is 0 Å². The van der Waals surface area contributed by atoms with Crippen molar-refractivity contribution in [1.82, 2.24) is 15.5 Å². The highest BCUT2D eigenvalue weighted by Crippen LogP contribution is 2.32. The number of carbonyl (C=O) groups is 4. The number of hydrogen-bond acceptors (Lipinski definition) is 5. The molecule has 0 heterocycles. The van der Waals surface area contributed by atoms with E-state index in [9.17, 15) is 24.3 Å². The fraction of sp³-hybridized carbons (Fsp3) is 0.385. The Morgan fingerprint density at radius 1 is 0.745 bits per heavy atom. The minimum absolute atomic E-state index is 0.108. The molecule has 0 saturated heterocycles. The van der Waals surface area contributed by atoms with Gasteiger partial charge in [-0.25, -0.2) is 4.79 Å². The SMILES string of the molecule is CN[C@H](C(=O)N[C@H](C(=O)N(C)[C@H](/C=C(\C)C(=O)O)C(C)C)C(C)(C)c1ccc(C(=O)c2ccccc2)cc1)C(C)(C)c1ccccc1. The topological polar surface area (TPSA) is 116 Å². The van der Waals surface area contributed by atoms with Crippen molar-refractivity contribution in [3.05, 3.63) is 119 Å². The van der Waals surface area contributed by atoms with Gasteiger partial charge in [0.2, 0.25) is 11.8 Å². The number of aliphatic carboxylic acids is 1. The molecule has 0 saturated carbocycles. The van der Waals surface area contributed by atoms with Crippen LogP contribution in [-0.2, 0) is 25.2 Å². The molecule has 0 spiro atoms. The van der Waals surface area contributed by atoms with Gasteiger partial charge < -0.3 is 20.6 Å². The molecule has 0 radical (unpaired) electrons. The van der Waals surface area contributed by atoms with Crippen LogP contribution in [0.25, 0.3) is 0 Å². The molecule has 3 atom stereocenters. The molecule has 0 aliphatic heterocycles. The molecule has 3 aromatic rings. The van der Waals surface area contributed by atoms with E-state index in [4.69, 9.17) is 0 Å². The van der Waals surface area contributed by atoms with E-state index >= 15 is 0 Å². The van der Waals surface area contributed by atoms with Gasteiger partial charge in [-0.2, -0.15) is 0 Å². The summed E-state index contributed by atoms with van der Waals surface area (Å²) in [4.78, 5) is 55.1. The maximum Gasteiger partial charge on any atom is 0.331 e. The third kappa shape index (κ3) is 8.43. The molecule has 3 N–H and O–H groups in total. The van der Waals surface area contributed by atoms with E-state index in [2.05, 4.69) is 10.6 Å². The molecule has 0 aliphatic carbocycles. The normalized spacial score (nSPS) is 14.2. The van der Waals surface area contributed by atoms with E-state index in [1.54, 1.807) is 44.4 Å². The number of benzene rings is 3. The van der Waals surface area contributed by atoms with E-state index in [-0.39, 0.29) is 29.1 Å².